The van der Waals surface area contributed by atoms with Gasteiger partial charge in [0.05, 0.1) is 6.04 Å². The summed E-state index contributed by atoms with van der Waals surface area (Å²) in [6.07, 6.45) is 0.523. The van der Waals surface area contributed by atoms with Crippen LogP contribution < -0.4 is 5.73 Å². The topological polar surface area (TPSA) is 66.5 Å². The molecule has 3 heteroatoms. The molecule has 70 valence electrons. The zero-order chi connectivity index (χ0) is 9.84. The molecule has 1 atom stereocenters. The van der Waals surface area contributed by atoms with Gasteiger partial charge in [0.2, 0.25) is 0 Å². The largest absolute Gasteiger partial charge is 0.511 e. The SMILES string of the molecule is C=C(O)[C@H](N)Cc1ccc(O)cc1. The quantitative estimate of drug-likeness (QED) is 0.613. The van der Waals surface area contributed by atoms with Crippen LogP contribution in [0.3, 0.4) is 0 Å². The van der Waals surface area contributed by atoms with Crippen molar-refractivity contribution < 1.29 is 10.2 Å². The molecule has 1 rings (SSSR count). The number of aliphatic hydroxyl groups is 1. The molecule has 0 saturated carbocycles. The van der Waals surface area contributed by atoms with Gasteiger partial charge in [-0.3, -0.25) is 0 Å². The van der Waals surface area contributed by atoms with Gasteiger partial charge in [0.1, 0.15) is 11.5 Å². The van der Waals surface area contributed by atoms with Gasteiger partial charge < -0.3 is 15.9 Å². The third-order valence-electron chi connectivity index (χ3n) is 1.82. The van der Waals surface area contributed by atoms with Gasteiger partial charge in [0.25, 0.3) is 0 Å². The molecular weight excluding hydrogens is 166 g/mol. The summed E-state index contributed by atoms with van der Waals surface area (Å²) in [6, 6.07) is 6.25. The van der Waals surface area contributed by atoms with Crippen molar-refractivity contribution in [3.05, 3.63) is 42.2 Å². The zero-order valence-corrected chi connectivity index (χ0v) is 7.27. The molecule has 0 radical (unpaired) electrons. The smallest absolute Gasteiger partial charge is 0.115 e. The average molecular weight is 179 g/mol. The fourth-order valence-corrected chi connectivity index (χ4v) is 1.00. The molecule has 0 heterocycles. The van der Waals surface area contributed by atoms with Crippen molar-refractivity contribution in [1.82, 2.24) is 0 Å². The molecule has 0 aliphatic rings. The Balaban J connectivity index is 2.64. The van der Waals surface area contributed by atoms with Crippen LogP contribution in [0.5, 0.6) is 5.75 Å². The van der Waals surface area contributed by atoms with E-state index in [2.05, 4.69) is 6.58 Å². The number of hydrogen-bond donors (Lipinski definition) is 3. The Hall–Kier alpha value is -1.48. The van der Waals surface area contributed by atoms with Crippen LogP contribution in [0.4, 0.5) is 0 Å². The van der Waals surface area contributed by atoms with Gasteiger partial charge in [-0.05, 0) is 24.1 Å². The van der Waals surface area contributed by atoms with E-state index in [0.717, 1.165) is 5.56 Å². The monoisotopic (exact) mass is 179 g/mol. The molecule has 1 aromatic carbocycles. The van der Waals surface area contributed by atoms with E-state index in [-0.39, 0.29) is 11.5 Å². The molecule has 0 unspecified atom stereocenters. The van der Waals surface area contributed by atoms with Gasteiger partial charge >= 0.3 is 0 Å². The average Bonchev–Trinajstić information content (AvgIpc) is 2.08. The van der Waals surface area contributed by atoms with Crippen LogP contribution >= 0.6 is 0 Å². The minimum atomic E-state index is -0.440. The van der Waals surface area contributed by atoms with E-state index in [4.69, 9.17) is 15.9 Å². The molecule has 13 heavy (non-hydrogen) atoms. The summed E-state index contributed by atoms with van der Waals surface area (Å²) in [4.78, 5) is 0. The minimum absolute atomic E-state index is 0.0203. The van der Waals surface area contributed by atoms with Crippen molar-refractivity contribution in [3.63, 3.8) is 0 Å². The molecule has 1 aromatic rings. The first-order chi connectivity index (χ1) is 6.09. The fourth-order valence-electron chi connectivity index (χ4n) is 1.00. The van der Waals surface area contributed by atoms with E-state index in [0.29, 0.717) is 6.42 Å². The molecule has 0 aromatic heterocycles. The van der Waals surface area contributed by atoms with Gasteiger partial charge in [-0.1, -0.05) is 18.7 Å². The van der Waals surface area contributed by atoms with Crippen LogP contribution in [0.15, 0.2) is 36.6 Å². The van der Waals surface area contributed by atoms with Crippen molar-refractivity contribution in [1.29, 1.82) is 0 Å². The molecule has 4 N–H and O–H groups in total. The van der Waals surface area contributed by atoms with E-state index < -0.39 is 6.04 Å². The van der Waals surface area contributed by atoms with Gasteiger partial charge in [-0.15, -0.1) is 0 Å². The normalized spacial score (nSPS) is 12.4. The second kappa shape index (κ2) is 3.96. The summed E-state index contributed by atoms with van der Waals surface area (Å²) in [5.41, 5.74) is 6.53. The minimum Gasteiger partial charge on any atom is -0.511 e. The first kappa shape index (κ1) is 9.61. The number of phenols is 1. The van der Waals surface area contributed by atoms with Gasteiger partial charge in [0.15, 0.2) is 0 Å². The highest BCUT2D eigenvalue weighted by atomic mass is 16.3. The van der Waals surface area contributed by atoms with Gasteiger partial charge in [-0.2, -0.15) is 0 Å². The highest BCUT2D eigenvalue weighted by Crippen LogP contribution is 2.11. The fraction of sp³-hybridized carbons (Fsp3) is 0.200. The number of phenolic OH excluding ortho intramolecular Hbond substituents is 1. The number of nitrogens with two attached hydrogens (primary N) is 1. The third kappa shape index (κ3) is 2.80. The molecule has 3 nitrogen and oxygen atoms in total. The van der Waals surface area contributed by atoms with E-state index >= 15 is 0 Å². The Kier molecular flexibility index (Phi) is 2.93. The van der Waals surface area contributed by atoms with Crippen LogP contribution in [0.25, 0.3) is 0 Å². The summed E-state index contributed by atoms with van der Waals surface area (Å²) in [5, 5.41) is 18.0. The molecule has 0 fully saturated rings. The molecule has 0 spiro atoms. The predicted octanol–water partition coefficient (Wildman–Crippen LogP) is 1.33. The maximum Gasteiger partial charge on any atom is 0.115 e. The van der Waals surface area contributed by atoms with Gasteiger partial charge in [-0.25, -0.2) is 0 Å². The predicted molar refractivity (Wildman–Crippen MR) is 51.6 cm³/mol. The first-order valence-corrected chi connectivity index (χ1v) is 4.01. The third-order valence-corrected chi connectivity index (χ3v) is 1.82. The lowest BCUT2D eigenvalue weighted by molar-refractivity contribution is 0.368. The Labute approximate surface area is 77.1 Å². The van der Waals surface area contributed by atoms with Crippen LogP contribution in [0.2, 0.25) is 0 Å². The van der Waals surface area contributed by atoms with Crippen molar-refractivity contribution in [2.45, 2.75) is 12.5 Å². The molecular formula is C10H13NO2. The van der Waals surface area contributed by atoms with E-state index in [1.807, 2.05) is 0 Å². The van der Waals surface area contributed by atoms with Crippen molar-refractivity contribution in [2.75, 3.05) is 0 Å². The van der Waals surface area contributed by atoms with Crippen LogP contribution in [-0.2, 0) is 6.42 Å². The summed E-state index contributed by atoms with van der Waals surface area (Å²) >= 11 is 0. The summed E-state index contributed by atoms with van der Waals surface area (Å²) in [5.74, 6) is 0.202. The first-order valence-electron chi connectivity index (χ1n) is 4.01. The maximum atomic E-state index is 9.00. The zero-order valence-electron chi connectivity index (χ0n) is 7.27. The molecule has 0 aliphatic heterocycles. The highest BCUT2D eigenvalue weighted by molar-refractivity contribution is 5.27. The lowest BCUT2D eigenvalue weighted by Crippen LogP contribution is -2.24. The van der Waals surface area contributed by atoms with E-state index in [1.165, 1.54) is 0 Å². The molecule has 0 bridgehead atoms. The van der Waals surface area contributed by atoms with E-state index in [1.54, 1.807) is 24.3 Å². The summed E-state index contributed by atoms with van der Waals surface area (Å²) in [7, 11) is 0. The number of rotatable bonds is 3. The second-order valence-corrected chi connectivity index (χ2v) is 2.97. The van der Waals surface area contributed by atoms with Crippen LogP contribution in [0, 0.1) is 0 Å². The van der Waals surface area contributed by atoms with Crippen molar-refractivity contribution >= 4 is 0 Å². The molecule has 0 aliphatic carbocycles. The lowest BCUT2D eigenvalue weighted by Gasteiger charge is -2.09. The van der Waals surface area contributed by atoms with E-state index in [9.17, 15) is 0 Å². The van der Waals surface area contributed by atoms with Crippen LogP contribution in [0.1, 0.15) is 5.56 Å². The van der Waals surface area contributed by atoms with Crippen LogP contribution in [-0.4, -0.2) is 16.3 Å². The van der Waals surface area contributed by atoms with Gasteiger partial charge in [0, 0.05) is 0 Å². The van der Waals surface area contributed by atoms with Crippen molar-refractivity contribution in [2.24, 2.45) is 5.73 Å². The van der Waals surface area contributed by atoms with Crippen molar-refractivity contribution in [3.8, 4) is 5.75 Å². The number of aliphatic hydroxyl groups excluding tert-OH is 1. The second-order valence-electron chi connectivity index (χ2n) is 2.97. The Morgan fingerprint density at radius 1 is 1.38 bits per heavy atom. The maximum absolute atomic E-state index is 9.00. The Morgan fingerprint density at radius 2 is 1.92 bits per heavy atom. The summed E-state index contributed by atoms with van der Waals surface area (Å²) in [6.45, 7) is 3.35. The standard InChI is InChI=1S/C10H13NO2/c1-7(12)10(11)6-8-2-4-9(13)5-3-8/h2-5,10,12-13H,1,6,11H2/t10-/m1/s1. The molecule has 0 saturated heterocycles. The number of aromatic hydroxyl groups is 1. The highest BCUT2D eigenvalue weighted by Gasteiger charge is 2.06. The Bertz CT molecular complexity index is 292. The number of benzene rings is 1. The summed E-state index contributed by atoms with van der Waals surface area (Å²) < 4.78 is 0. The molecule has 0 amide bonds. The Morgan fingerprint density at radius 3 is 2.38 bits per heavy atom. The lowest BCUT2D eigenvalue weighted by atomic mass is 10.1. The number of hydrogen-bond acceptors (Lipinski definition) is 3.